The van der Waals surface area contributed by atoms with Crippen LogP contribution >= 0.6 is 0 Å². The summed E-state index contributed by atoms with van der Waals surface area (Å²) in [6.45, 7) is 6.33. The molecule has 2 heterocycles. The van der Waals surface area contributed by atoms with Crippen LogP contribution in [0.2, 0.25) is 0 Å². The van der Waals surface area contributed by atoms with Crippen LogP contribution in [0.15, 0.2) is 41.6 Å². The third-order valence-electron chi connectivity index (χ3n) is 4.87. The van der Waals surface area contributed by atoms with Crippen molar-refractivity contribution in [3.05, 3.63) is 42.2 Å². The topological polar surface area (TPSA) is 67.2 Å². The summed E-state index contributed by atoms with van der Waals surface area (Å²) in [5.74, 6) is 0.803. The van der Waals surface area contributed by atoms with Gasteiger partial charge in [-0.1, -0.05) is 19.1 Å². The number of piperidine rings is 1. The first-order valence-electron chi connectivity index (χ1n) is 8.71. The fraction of sp³-hybridized carbons (Fsp3) is 0.500. The van der Waals surface area contributed by atoms with Crippen molar-refractivity contribution in [1.82, 2.24) is 14.5 Å². The Morgan fingerprint density at radius 2 is 1.84 bits per heavy atom. The fourth-order valence-corrected chi connectivity index (χ4v) is 4.36. The Labute approximate surface area is 149 Å². The lowest BCUT2D eigenvalue weighted by molar-refractivity contribution is 0.438. The molecule has 0 aliphatic carbocycles. The number of benzene rings is 1. The monoisotopic (exact) mass is 362 g/mol. The number of aromatic nitrogens is 2. The van der Waals surface area contributed by atoms with Gasteiger partial charge in [0.2, 0.25) is 10.0 Å². The third kappa shape index (κ3) is 4.22. The van der Waals surface area contributed by atoms with E-state index in [0.29, 0.717) is 0 Å². The zero-order valence-corrected chi connectivity index (χ0v) is 15.8. The van der Waals surface area contributed by atoms with Gasteiger partial charge in [-0.25, -0.2) is 13.1 Å². The number of nitrogens with zero attached hydrogens (tertiary/aromatic N) is 3. The van der Waals surface area contributed by atoms with Crippen LogP contribution < -0.4 is 9.62 Å². The molecule has 136 valence electrons. The van der Waals surface area contributed by atoms with Crippen molar-refractivity contribution >= 4 is 15.7 Å². The van der Waals surface area contributed by atoms with Gasteiger partial charge in [0.15, 0.2) is 0 Å². The van der Waals surface area contributed by atoms with Crippen molar-refractivity contribution in [2.75, 3.05) is 18.0 Å². The maximum atomic E-state index is 12.4. The van der Waals surface area contributed by atoms with Gasteiger partial charge in [-0.2, -0.15) is 5.10 Å². The normalized spacial score (nSPS) is 17.6. The van der Waals surface area contributed by atoms with Gasteiger partial charge in [0.25, 0.3) is 0 Å². The van der Waals surface area contributed by atoms with Crippen molar-refractivity contribution in [1.29, 1.82) is 0 Å². The first-order valence-corrected chi connectivity index (χ1v) is 10.2. The lowest BCUT2D eigenvalue weighted by Crippen LogP contribution is -2.32. The van der Waals surface area contributed by atoms with E-state index in [4.69, 9.17) is 0 Å². The first kappa shape index (κ1) is 17.9. The van der Waals surface area contributed by atoms with Gasteiger partial charge in [-0.15, -0.1) is 0 Å². The molecule has 1 aliphatic heterocycles. The molecule has 1 aliphatic rings. The summed E-state index contributed by atoms with van der Waals surface area (Å²) in [7, 11) is -1.87. The molecular weight excluding hydrogens is 336 g/mol. The molecule has 3 rings (SSSR count). The summed E-state index contributed by atoms with van der Waals surface area (Å²) >= 11 is 0. The minimum Gasteiger partial charge on any atom is -0.372 e. The Hall–Kier alpha value is -1.86. The Morgan fingerprint density at radius 1 is 1.20 bits per heavy atom. The Morgan fingerprint density at radius 3 is 2.40 bits per heavy atom. The Balaban J connectivity index is 1.67. The van der Waals surface area contributed by atoms with Gasteiger partial charge in [0, 0.05) is 38.1 Å². The summed E-state index contributed by atoms with van der Waals surface area (Å²) in [6, 6.07) is 7.87. The number of nitrogens with one attached hydrogen (secondary N) is 1. The van der Waals surface area contributed by atoms with E-state index >= 15 is 0 Å². The van der Waals surface area contributed by atoms with E-state index in [0.717, 1.165) is 24.6 Å². The Bertz CT molecular complexity index is 806. The minimum atomic E-state index is -3.57. The van der Waals surface area contributed by atoms with E-state index in [1.165, 1.54) is 35.6 Å². The van der Waals surface area contributed by atoms with Gasteiger partial charge in [-0.05, 0) is 43.4 Å². The molecular formula is C18H26N4O2S. The molecule has 0 spiro atoms. The van der Waals surface area contributed by atoms with Crippen molar-refractivity contribution in [3.8, 4) is 0 Å². The number of aryl methyl sites for hydroxylation is 1. The number of rotatable bonds is 5. The van der Waals surface area contributed by atoms with Crippen LogP contribution in [0.5, 0.6) is 0 Å². The molecule has 6 nitrogen and oxygen atoms in total. The SMILES string of the molecule is CC1CCN(c2ccc(C(C)NS(=O)(=O)c3cnn(C)c3)cc2)CC1. The summed E-state index contributed by atoms with van der Waals surface area (Å²) in [5, 5.41) is 3.92. The smallest absolute Gasteiger partial charge is 0.244 e. The predicted molar refractivity (Wildman–Crippen MR) is 99.0 cm³/mol. The van der Waals surface area contributed by atoms with Crippen molar-refractivity contribution in [3.63, 3.8) is 0 Å². The third-order valence-corrected chi connectivity index (χ3v) is 6.36. The highest BCUT2D eigenvalue weighted by molar-refractivity contribution is 7.89. The van der Waals surface area contributed by atoms with Crippen molar-refractivity contribution in [2.24, 2.45) is 13.0 Å². The van der Waals surface area contributed by atoms with Crippen LogP contribution in [0.1, 0.15) is 38.3 Å². The highest BCUT2D eigenvalue weighted by Gasteiger charge is 2.20. The van der Waals surface area contributed by atoms with E-state index in [-0.39, 0.29) is 10.9 Å². The van der Waals surface area contributed by atoms with Crippen LogP contribution in [0.25, 0.3) is 0 Å². The standard InChI is InChI=1S/C18H26N4O2S/c1-14-8-10-22(11-9-14)17-6-4-16(5-7-17)15(2)20-25(23,24)18-12-19-21(3)13-18/h4-7,12-15,20H,8-11H2,1-3H3. The van der Waals surface area contributed by atoms with E-state index in [2.05, 4.69) is 33.8 Å². The predicted octanol–water partition coefficient (Wildman–Crippen LogP) is 2.70. The molecule has 1 atom stereocenters. The van der Waals surface area contributed by atoms with E-state index in [1.807, 2.05) is 19.1 Å². The molecule has 2 aromatic rings. The second kappa shape index (κ2) is 7.17. The largest absolute Gasteiger partial charge is 0.372 e. The second-order valence-corrected chi connectivity index (χ2v) is 8.67. The quantitative estimate of drug-likeness (QED) is 0.888. The molecule has 1 fully saturated rings. The zero-order chi connectivity index (χ0) is 18.0. The summed E-state index contributed by atoms with van der Waals surface area (Å²) in [4.78, 5) is 2.58. The average molecular weight is 362 g/mol. The highest BCUT2D eigenvalue weighted by Crippen LogP contribution is 2.25. The van der Waals surface area contributed by atoms with Crippen molar-refractivity contribution < 1.29 is 8.42 Å². The summed E-state index contributed by atoms with van der Waals surface area (Å²) in [6.07, 6.45) is 5.30. The van der Waals surface area contributed by atoms with Gasteiger partial charge in [0.1, 0.15) is 4.90 Å². The molecule has 25 heavy (non-hydrogen) atoms. The van der Waals surface area contributed by atoms with Crippen LogP contribution in [0.4, 0.5) is 5.69 Å². The molecule has 1 saturated heterocycles. The van der Waals surface area contributed by atoms with E-state index < -0.39 is 10.0 Å². The second-order valence-electron chi connectivity index (χ2n) is 6.95. The molecule has 0 amide bonds. The molecule has 0 saturated carbocycles. The van der Waals surface area contributed by atoms with E-state index in [1.54, 1.807) is 7.05 Å². The van der Waals surface area contributed by atoms with Crippen LogP contribution in [-0.2, 0) is 17.1 Å². The molecule has 0 radical (unpaired) electrons. The highest BCUT2D eigenvalue weighted by atomic mass is 32.2. The molecule has 0 bridgehead atoms. The zero-order valence-electron chi connectivity index (χ0n) is 15.0. The lowest BCUT2D eigenvalue weighted by Gasteiger charge is -2.32. The molecule has 1 aromatic carbocycles. The first-order chi connectivity index (χ1) is 11.8. The van der Waals surface area contributed by atoms with Crippen LogP contribution in [0.3, 0.4) is 0 Å². The maximum absolute atomic E-state index is 12.4. The molecule has 1 aromatic heterocycles. The number of hydrogen-bond acceptors (Lipinski definition) is 4. The average Bonchev–Trinajstić information content (AvgIpc) is 3.03. The van der Waals surface area contributed by atoms with Crippen molar-refractivity contribution in [2.45, 2.75) is 37.6 Å². The molecule has 1 N–H and O–H groups in total. The van der Waals surface area contributed by atoms with Crippen LogP contribution in [0, 0.1) is 5.92 Å². The van der Waals surface area contributed by atoms with Crippen LogP contribution in [-0.4, -0.2) is 31.3 Å². The fourth-order valence-electron chi connectivity index (χ4n) is 3.15. The van der Waals surface area contributed by atoms with Gasteiger partial charge >= 0.3 is 0 Å². The van der Waals surface area contributed by atoms with E-state index in [9.17, 15) is 8.42 Å². The number of sulfonamides is 1. The maximum Gasteiger partial charge on any atom is 0.244 e. The summed E-state index contributed by atoms with van der Waals surface area (Å²) < 4.78 is 29.0. The van der Waals surface area contributed by atoms with Gasteiger partial charge in [-0.3, -0.25) is 4.68 Å². The van der Waals surface area contributed by atoms with Gasteiger partial charge < -0.3 is 4.90 Å². The molecule has 1 unspecified atom stereocenters. The summed E-state index contributed by atoms with van der Waals surface area (Å²) in [5.41, 5.74) is 2.15. The lowest BCUT2D eigenvalue weighted by atomic mass is 9.98. The molecule has 7 heteroatoms. The minimum absolute atomic E-state index is 0.181. The number of hydrogen-bond donors (Lipinski definition) is 1. The Kier molecular flexibility index (Phi) is 5.15. The van der Waals surface area contributed by atoms with Gasteiger partial charge in [0.05, 0.1) is 6.20 Å². The number of anilines is 1.